The molecule has 1 aliphatic rings. The second-order valence-electron chi connectivity index (χ2n) is 5.12. The van der Waals surface area contributed by atoms with Gasteiger partial charge in [0.05, 0.1) is 11.3 Å². The maximum atomic E-state index is 10.5. The first-order valence-corrected chi connectivity index (χ1v) is 6.77. The summed E-state index contributed by atoms with van der Waals surface area (Å²) >= 11 is 0. The van der Waals surface area contributed by atoms with E-state index in [9.17, 15) is 5.11 Å². The molecule has 2 heterocycles. The van der Waals surface area contributed by atoms with Crippen molar-refractivity contribution in [1.82, 2.24) is 15.2 Å². The SMILES string of the molecule is CCN1CCC[C@](O)(CNCc2ccccn2)C1. The molecular formula is C14H23N3O. The van der Waals surface area contributed by atoms with Gasteiger partial charge in [-0.3, -0.25) is 4.98 Å². The van der Waals surface area contributed by atoms with Crippen LogP contribution in [0, 0.1) is 0 Å². The van der Waals surface area contributed by atoms with Crippen LogP contribution in [-0.2, 0) is 6.54 Å². The van der Waals surface area contributed by atoms with Crippen LogP contribution in [0.15, 0.2) is 24.4 Å². The molecule has 2 N–H and O–H groups in total. The first-order chi connectivity index (χ1) is 8.72. The average molecular weight is 249 g/mol. The van der Waals surface area contributed by atoms with Crippen molar-refractivity contribution in [3.05, 3.63) is 30.1 Å². The van der Waals surface area contributed by atoms with Gasteiger partial charge in [-0.25, -0.2) is 0 Å². The van der Waals surface area contributed by atoms with Gasteiger partial charge < -0.3 is 15.3 Å². The van der Waals surface area contributed by atoms with Crippen molar-refractivity contribution in [3.8, 4) is 0 Å². The van der Waals surface area contributed by atoms with Gasteiger partial charge in [-0.2, -0.15) is 0 Å². The Morgan fingerprint density at radius 2 is 2.39 bits per heavy atom. The first kappa shape index (κ1) is 13.5. The second kappa shape index (κ2) is 6.27. The number of hydrogen-bond acceptors (Lipinski definition) is 4. The van der Waals surface area contributed by atoms with Crippen molar-refractivity contribution in [3.63, 3.8) is 0 Å². The van der Waals surface area contributed by atoms with Crippen LogP contribution >= 0.6 is 0 Å². The summed E-state index contributed by atoms with van der Waals surface area (Å²) in [7, 11) is 0. The molecule has 0 unspecified atom stereocenters. The Hall–Kier alpha value is -0.970. The maximum absolute atomic E-state index is 10.5. The fourth-order valence-corrected chi connectivity index (χ4v) is 2.55. The lowest BCUT2D eigenvalue weighted by Gasteiger charge is -2.39. The quantitative estimate of drug-likeness (QED) is 0.818. The van der Waals surface area contributed by atoms with Gasteiger partial charge in [0, 0.05) is 25.8 Å². The van der Waals surface area contributed by atoms with Gasteiger partial charge in [-0.1, -0.05) is 13.0 Å². The highest BCUT2D eigenvalue weighted by atomic mass is 16.3. The number of piperidine rings is 1. The molecule has 0 aromatic carbocycles. The smallest absolute Gasteiger partial charge is 0.0898 e. The minimum atomic E-state index is -0.580. The number of rotatable bonds is 5. The molecule has 4 heteroatoms. The molecule has 0 spiro atoms. The Morgan fingerprint density at radius 3 is 3.11 bits per heavy atom. The third-order valence-corrected chi connectivity index (χ3v) is 3.57. The minimum Gasteiger partial charge on any atom is -0.387 e. The highest BCUT2D eigenvalue weighted by Crippen LogP contribution is 2.20. The van der Waals surface area contributed by atoms with Gasteiger partial charge in [0.1, 0.15) is 0 Å². The summed E-state index contributed by atoms with van der Waals surface area (Å²) in [5, 5.41) is 13.8. The number of nitrogens with one attached hydrogen (secondary N) is 1. The lowest BCUT2D eigenvalue weighted by atomic mass is 9.93. The van der Waals surface area contributed by atoms with E-state index in [-0.39, 0.29) is 0 Å². The van der Waals surface area contributed by atoms with Crippen LogP contribution in [-0.4, -0.2) is 46.8 Å². The predicted molar refractivity (Wildman–Crippen MR) is 72.2 cm³/mol. The zero-order chi connectivity index (χ0) is 12.8. The summed E-state index contributed by atoms with van der Waals surface area (Å²) in [4.78, 5) is 6.57. The molecule has 4 nitrogen and oxygen atoms in total. The molecule has 18 heavy (non-hydrogen) atoms. The Kier molecular flexibility index (Phi) is 4.69. The van der Waals surface area contributed by atoms with Crippen LogP contribution in [0.25, 0.3) is 0 Å². The summed E-state index contributed by atoms with van der Waals surface area (Å²) < 4.78 is 0. The molecule has 1 aromatic rings. The topological polar surface area (TPSA) is 48.4 Å². The predicted octanol–water partition coefficient (Wildman–Crippen LogP) is 1.02. The number of hydrogen-bond donors (Lipinski definition) is 2. The molecule has 0 radical (unpaired) electrons. The van der Waals surface area contributed by atoms with E-state index in [1.807, 2.05) is 18.2 Å². The molecule has 1 fully saturated rings. The summed E-state index contributed by atoms with van der Waals surface area (Å²) in [5.41, 5.74) is 0.438. The van der Waals surface area contributed by atoms with Crippen LogP contribution in [0.3, 0.4) is 0 Å². The van der Waals surface area contributed by atoms with Crippen molar-refractivity contribution >= 4 is 0 Å². The fourth-order valence-electron chi connectivity index (χ4n) is 2.55. The standard InChI is InChI=1S/C14H23N3O/c1-2-17-9-5-7-14(18,12-17)11-15-10-13-6-3-4-8-16-13/h3-4,6,8,15,18H,2,5,7,9-12H2,1H3/t14-/m0/s1. The number of likely N-dealkylation sites (tertiary alicyclic amines) is 1. The Morgan fingerprint density at radius 1 is 1.50 bits per heavy atom. The minimum absolute atomic E-state index is 0.580. The molecule has 1 aliphatic heterocycles. The number of pyridine rings is 1. The van der Waals surface area contributed by atoms with Crippen molar-refractivity contribution in [2.75, 3.05) is 26.2 Å². The van der Waals surface area contributed by atoms with Crippen LogP contribution in [0.2, 0.25) is 0 Å². The zero-order valence-electron chi connectivity index (χ0n) is 11.1. The number of aliphatic hydroxyl groups is 1. The molecule has 0 saturated carbocycles. The molecule has 100 valence electrons. The molecular weight excluding hydrogens is 226 g/mol. The summed E-state index contributed by atoms with van der Waals surface area (Å²) in [5.74, 6) is 0. The molecule has 1 saturated heterocycles. The van der Waals surface area contributed by atoms with Crippen LogP contribution in [0.5, 0.6) is 0 Å². The third kappa shape index (κ3) is 3.77. The molecule has 2 rings (SSSR count). The summed E-state index contributed by atoms with van der Waals surface area (Å²) in [6.07, 6.45) is 3.76. The van der Waals surface area contributed by atoms with Gasteiger partial charge in [-0.15, -0.1) is 0 Å². The van der Waals surface area contributed by atoms with E-state index in [2.05, 4.69) is 22.1 Å². The molecule has 0 aliphatic carbocycles. The van der Waals surface area contributed by atoms with E-state index in [4.69, 9.17) is 0 Å². The van der Waals surface area contributed by atoms with Crippen LogP contribution in [0.4, 0.5) is 0 Å². The molecule has 1 aromatic heterocycles. The van der Waals surface area contributed by atoms with Gasteiger partial charge in [0.25, 0.3) is 0 Å². The normalized spacial score (nSPS) is 25.2. The van der Waals surface area contributed by atoms with Crippen molar-refractivity contribution in [1.29, 1.82) is 0 Å². The largest absolute Gasteiger partial charge is 0.387 e. The maximum Gasteiger partial charge on any atom is 0.0898 e. The van der Waals surface area contributed by atoms with Crippen molar-refractivity contribution in [2.24, 2.45) is 0 Å². The van der Waals surface area contributed by atoms with Gasteiger partial charge in [-0.05, 0) is 38.1 Å². The summed E-state index contributed by atoms with van der Waals surface area (Å²) in [6.45, 7) is 6.41. The third-order valence-electron chi connectivity index (χ3n) is 3.57. The number of nitrogens with zero attached hydrogens (tertiary/aromatic N) is 2. The lowest BCUT2D eigenvalue weighted by Crippen LogP contribution is -2.53. The van der Waals surface area contributed by atoms with E-state index < -0.39 is 5.60 Å². The lowest BCUT2D eigenvalue weighted by molar-refractivity contribution is -0.0280. The van der Waals surface area contributed by atoms with Crippen molar-refractivity contribution < 1.29 is 5.11 Å². The number of β-amino-alcohol motifs (C(OH)–C–C–N with tert-alkyl or cyclic N) is 1. The van der Waals surface area contributed by atoms with Crippen LogP contribution in [0.1, 0.15) is 25.5 Å². The van der Waals surface area contributed by atoms with E-state index in [0.717, 1.165) is 44.7 Å². The number of likely N-dealkylation sites (N-methyl/N-ethyl adjacent to an activating group) is 1. The van der Waals surface area contributed by atoms with E-state index in [0.29, 0.717) is 6.54 Å². The monoisotopic (exact) mass is 249 g/mol. The first-order valence-electron chi connectivity index (χ1n) is 6.77. The number of aromatic nitrogens is 1. The van der Waals surface area contributed by atoms with E-state index in [1.54, 1.807) is 6.20 Å². The molecule has 0 amide bonds. The van der Waals surface area contributed by atoms with E-state index in [1.165, 1.54) is 0 Å². The highest BCUT2D eigenvalue weighted by molar-refractivity contribution is 5.03. The Labute approximate surface area is 109 Å². The average Bonchev–Trinajstić information content (AvgIpc) is 2.40. The Bertz CT molecular complexity index is 357. The van der Waals surface area contributed by atoms with E-state index >= 15 is 0 Å². The highest BCUT2D eigenvalue weighted by Gasteiger charge is 2.32. The zero-order valence-corrected chi connectivity index (χ0v) is 11.1. The Balaban J connectivity index is 1.78. The van der Waals surface area contributed by atoms with Gasteiger partial charge in [0.15, 0.2) is 0 Å². The van der Waals surface area contributed by atoms with Crippen LogP contribution < -0.4 is 5.32 Å². The van der Waals surface area contributed by atoms with Gasteiger partial charge in [0.2, 0.25) is 0 Å². The molecule has 1 atom stereocenters. The second-order valence-corrected chi connectivity index (χ2v) is 5.12. The summed E-state index contributed by atoms with van der Waals surface area (Å²) in [6, 6.07) is 5.89. The van der Waals surface area contributed by atoms with Crippen molar-refractivity contribution in [2.45, 2.75) is 31.9 Å². The van der Waals surface area contributed by atoms with Gasteiger partial charge >= 0.3 is 0 Å². The fraction of sp³-hybridized carbons (Fsp3) is 0.643. The molecule has 0 bridgehead atoms.